The minimum Gasteiger partial charge on any atom is -0.207 e. The highest BCUT2D eigenvalue weighted by Gasteiger charge is 2.22. The number of benzene rings is 2. The van der Waals surface area contributed by atoms with Crippen LogP contribution in [0.1, 0.15) is 16.5 Å². The lowest BCUT2D eigenvalue weighted by atomic mass is 10.0. The molecular formula is C14H8BrClF4. The van der Waals surface area contributed by atoms with E-state index < -0.39 is 34.2 Å². The Hall–Kier alpha value is -1.07. The second-order valence-corrected chi connectivity index (χ2v) is 5.60. The number of alkyl halides is 1. The molecule has 2 rings (SSSR count). The summed E-state index contributed by atoms with van der Waals surface area (Å²) in [5.41, 5.74) is -0.702. The summed E-state index contributed by atoms with van der Waals surface area (Å²) in [4.78, 5) is 0. The zero-order valence-corrected chi connectivity index (χ0v) is 12.3. The molecule has 1 atom stereocenters. The first-order valence-corrected chi connectivity index (χ1v) is 6.84. The summed E-state index contributed by atoms with van der Waals surface area (Å²) >= 11 is 8.86. The molecule has 0 bridgehead atoms. The van der Waals surface area contributed by atoms with Crippen molar-refractivity contribution in [2.24, 2.45) is 0 Å². The molecular weight excluding hydrogens is 360 g/mol. The Morgan fingerprint density at radius 1 is 0.950 bits per heavy atom. The first-order valence-electron chi connectivity index (χ1n) is 5.61. The first-order chi connectivity index (χ1) is 9.40. The summed E-state index contributed by atoms with van der Waals surface area (Å²) in [6.45, 7) is 0. The van der Waals surface area contributed by atoms with E-state index in [0.29, 0.717) is 0 Å². The molecule has 2 aromatic rings. The quantitative estimate of drug-likeness (QED) is 0.494. The van der Waals surface area contributed by atoms with E-state index in [-0.39, 0.29) is 16.5 Å². The highest BCUT2D eigenvalue weighted by atomic mass is 79.9. The van der Waals surface area contributed by atoms with Crippen LogP contribution >= 0.6 is 27.5 Å². The van der Waals surface area contributed by atoms with Gasteiger partial charge in [-0.3, -0.25) is 0 Å². The van der Waals surface area contributed by atoms with Crippen molar-refractivity contribution in [3.8, 4) is 0 Å². The standard InChI is InChI=1S/C14H8BrClF4/c15-7-4-12(19)14(13(20)5-7)9(16)6-8-10(17)2-1-3-11(8)18/h1-5,9H,6H2. The van der Waals surface area contributed by atoms with Gasteiger partial charge < -0.3 is 0 Å². The first kappa shape index (κ1) is 15.3. The zero-order valence-electron chi connectivity index (χ0n) is 9.94. The van der Waals surface area contributed by atoms with E-state index in [1.54, 1.807) is 0 Å². The summed E-state index contributed by atoms with van der Waals surface area (Å²) < 4.78 is 54.7. The molecule has 0 aromatic heterocycles. The maximum atomic E-state index is 13.7. The van der Waals surface area contributed by atoms with Crippen LogP contribution in [0.2, 0.25) is 0 Å². The summed E-state index contributed by atoms with van der Waals surface area (Å²) in [5, 5.41) is -1.21. The van der Waals surface area contributed by atoms with Gasteiger partial charge in [0.2, 0.25) is 0 Å². The molecule has 0 heterocycles. The molecule has 0 amide bonds. The van der Waals surface area contributed by atoms with E-state index in [1.165, 1.54) is 6.07 Å². The van der Waals surface area contributed by atoms with Gasteiger partial charge in [-0.05, 0) is 30.7 Å². The van der Waals surface area contributed by atoms with Gasteiger partial charge in [-0.15, -0.1) is 11.6 Å². The van der Waals surface area contributed by atoms with Gasteiger partial charge in [0.15, 0.2) is 0 Å². The van der Waals surface area contributed by atoms with Crippen molar-refractivity contribution in [3.05, 3.63) is 69.2 Å². The third-order valence-electron chi connectivity index (χ3n) is 2.80. The third-order valence-corrected chi connectivity index (χ3v) is 3.63. The topological polar surface area (TPSA) is 0 Å². The normalized spacial score (nSPS) is 12.5. The van der Waals surface area contributed by atoms with Crippen molar-refractivity contribution in [2.45, 2.75) is 11.8 Å². The summed E-state index contributed by atoms with van der Waals surface area (Å²) in [5.74, 6) is -3.33. The number of rotatable bonds is 3. The fourth-order valence-corrected chi connectivity index (χ4v) is 2.63. The Bertz CT molecular complexity index is 602. The molecule has 0 aliphatic rings. The molecule has 0 N–H and O–H groups in total. The van der Waals surface area contributed by atoms with E-state index in [1.807, 2.05) is 0 Å². The summed E-state index contributed by atoms with van der Waals surface area (Å²) in [6, 6.07) is 5.43. The lowest BCUT2D eigenvalue weighted by molar-refractivity contribution is 0.531. The number of hydrogen-bond acceptors (Lipinski definition) is 0. The minimum absolute atomic E-state index is 0.220. The van der Waals surface area contributed by atoms with E-state index in [9.17, 15) is 17.6 Å². The fraction of sp³-hybridized carbons (Fsp3) is 0.143. The summed E-state index contributed by atoms with van der Waals surface area (Å²) in [7, 11) is 0. The van der Waals surface area contributed by atoms with Gasteiger partial charge in [0, 0.05) is 15.6 Å². The molecule has 0 saturated carbocycles. The van der Waals surface area contributed by atoms with E-state index >= 15 is 0 Å². The maximum Gasteiger partial charge on any atom is 0.131 e. The smallest absolute Gasteiger partial charge is 0.131 e. The van der Waals surface area contributed by atoms with Crippen molar-refractivity contribution in [3.63, 3.8) is 0 Å². The van der Waals surface area contributed by atoms with Gasteiger partial charge in [0.05, 0.1) is 5.38 Å². The van der Waals surface area contributed by atoms with Crippen LogP contribution in [0.3, 0.4) is 0 Å². The SMILES string of the molecule is Fc1cccc(F)c1CC(Cl)c1c(F)cc(Br)cc1F. The molecule has 1 unspecified atom stereocenters. The van der Waals surface area contributed by atoms with Crippen molar-refractivity contribution >= 4 is 27.5 Å². The average molecular weight is 368 g/mol. The third kappa shape index (κ3) is 3.15. The highest BCUT2D eigenvalue weighted by molar-refractivity contribution is 9.10. The van der Waals surface area contributed by atoms with Crippen LogP contribution in [0.4, 0.5) is 17.6 Å². The van der Waals surface area contributed by atoms with Gasteiger partial charge in [0.1, 0.15) is 23.3 Å². The van der Waals surface area contributed by atoms with Crippen LogP contribution in [0.25, 0.3) is 0 Å². The zero-order chi connectivity index (χ0) is 14.9. The highest BCUT2D eigenvalue weighted by Crippen LogP contribution is 2.32. The Morgan fingerprint density at radius 2 is 1.45 bits per heavy atom. The predicted octanol–water partition coefficient (Wildman–Crippen LogP) is 5.53. The van der Waals surface area contributed by atoms with Crippen LogP contribution in [-0.2, 0) is 6.42 Å². The molecule has 0 aliphatic carbocycles. The maximum absolute atomic E-state index is 13.7. The van der Waals surface area contributed by atoms with Crippen molar-refractivity contribution < 1.29 is 17.6 Å². The Kier molecular flexibility index (Phi) is 4.70. The van der Waals surface area contributed by atoms with Crippen molar-refractivity contribution in [2.75, 3.05) is 0 Å². The number of halogens is 6. The fourth-order valence-electron chi connectivity index (χ4n) is 1.86. The number of hydrogen-bond donors (Lipinski definition) is 0. The van der Waals surface area contributed by atoms with Crippen LogP contribution in [-0.4, -0.2) is 0 Å². The minimum atomic E-state index is -1.21. The van der Waals surface area contributed by atoms with Crippen molar-refractivity contribution in [1.82, 2.24) is 0 Å². The monoisotopic (exact) mass is 366 g/mol. The van der Waals surface area contributed by atoms with Gasteiger partial charge >= 0.3 is 0 Å². The average Bonchev–Trinajstić information content (AvgIpc) is 2.32. The molecule has 0 fully saturated rings. The summed E-state index contributed by atoms with van der Waals surface area (Å²) in [6.07, 6.45) is -0.352. The van der Waals surface area contributed by atoms with Crippen LogP contribution in [0.15, 0.2) is 34.8 Å². The Balaban J connectivity index is 2.36. The van der Waals surface area contributed by atoms with Crippen LogP contribution in [0.5, 0.6) is 0 Å². The van der Waals surface area contributed by atoms with Gasteiger partial charge in [-0.1, -0.05) is 22.0 Å². The van der Waals surface area contributed by atoms with E-state index in [4.69, 9.17) is 11.6 Å². The molecule has 106 valence electrons. The lowest BCUT2D eigenvalue weighted by Gasteiger charge is -2.13. The Labute approximate surface area is 126 Å². The molecule has 0 radical (unpaired) electrons. The van der Waals surface area contributed by atoms with E-state index in [2.05, 4.69) is 15.9 Å². The molecule has 0 aliphatic heterocycles. The predicted molar refractivity (Wildman–Crippen MR) is 72.7 cm³/mol. The largest absolute Gasteiger partial charge is 0.207 e. The van der Waals surface area contributed by atoms with Gasteiger partial charge in [-0.2, -0.15) is 0 Å². The molecule has 0 nitrogen and oxygen atoms in total. The lowest BCUT2D eigenvalue weighted by Crippen LogP contribution is -2.06. The molecule has 0 spiro atoms. The molecule has 2 aromatic carbocycles. The van der Waals surface area contributed by atoms with Gasteiger partial charge in [-0.25, -0.2) is 17.6 Å². The van der Waals surface area contributed by atoms with Crippen LogP contribution < -0.4 is 0 Å². The molecule has 20 heavy (non-hydrogen) atoms. The Morgan fingerprint density at radius 3 is 1.95 bits per heavy atom. The molecule has 6 heteroatoms. The second-order valence-electron chi connectivity index (χ2n) is 4.15. The van der Waals surface area contributed by atoms with Crippen molar-refractivity contribution in [1.29, 1.82) is 0 Å². The van der Waals surface area contributed by atoms with Crippen LogP contribution in [0, 0.1) is 23.3 Å². The van der Waals surface area contributed by atoms with Gasteiger partial charge in [0.25, 0.3) is 0 Å². The second kappa shape index (κ2) is 6.14. The molecule has 0 saturated heterocycles. The van der Waals surface area contributed by atoms with E-state index in [0.717, 1.165) is 24.3 Å².